The zero-order valence-corrected chi connectivity index (χ0v) is 16.6. The molecule has 0 bridgehead atoms. The molecule has 1 aromatic carbocycles. The summed E-state index contributed by atoms with van der Waals surface area (Å²) in [4.78, 5) is 28.7. The molecule has 6 nitrogen and oxygen atoms in total. The Morgan fingerprint density at radius 1 is 1.26 bits per heavy atom. The quantitative estimate of drug-likeness (QED) is 0.767. The van der Waals surface area contributed by atoms with Crippen LogP contribution in [0, 0.1) is 5.41 Å². The molecule has 2 saturated heterocycles. The van der Waals surface area contributed by atoms with E-state index in [0.717, 1.165) is 30.7 Å². The van der Waals surface area contributed by atoms with Crippen LogP contribution in [0.3, 0.4) is 0 Å². The topological polar surface area (TPSA) is 59.1 Å². The summed E-state index contributed by atoms with van der Waals surface area (Å²) in [5, 5.41) is 0. The Morgan fingerprint density at radius 3 is 2.67 bits per heavy atom. The number of rotatable bonds is 6. The summed E-state index contributed by atoms with van der Waals surface area (Å²) in [7, 11) is 1.65. The van der Waals surface area contributed by atoms with Crippen molar-refractivity contribution in [1.29, 1.82) is 0 Å². The number of nitrogens with zero attached hydrogens (tertiary/aromatic N) is 2. The van der Waals surface area contributed by atoms with Gasteiger partial charge in [0.15, 0.2) is 0 Å². The van der Waals surface area contributed by atoms with Crippen molar-refractivity contribution in [3.05, 3.63) is 29.8 Å². The number of benzene rings is 1. The molecule has 2 amide bonds. The maximum Gasteiger partial charge on any atom is 0.248 e. The molecule has 2 aliphatic rings. The normalized spacial score (nSPS) is 19.2. The summed E-state index contributed by atoms with van der Waals surface area (Å²) < 4.78 is 10.7. The van der Waals surface area contributed by atoms with Crippen molar-refractivity contribution in [1.82, 2.24) is 9.80 Å². The van der Waals surface area contributed by atoms with Gasteiger partial charge in [0.1, 0.15) is 12.4 Å². The third kappa shape index (κ3) is 4.80. The fraction of sp³-hybridized carbons (Fsp3) is 0.619. The van der Waals surface area contributed by atoms with Gasteiger partial charge < -0.3 is 19.3 Å². The second kappa shape index (κ2) is 8.30. The predicted octanol–water partition coefficient (Wildman–Crippen LogP) is 2.46. The zero-order valence-electron chi connectivity index (χ0n) is 16.6. The van der Waals surface area contributed by atoms with E-state index in [2.05, 4.69) is 0 Å². The van der Waals surface area contributed by atoms with Crippen molar-refractivity contribution in [2.45, 2.75) is 45.8 Å². The van der Waals surface area contributed by atoms with Gasteiger partial charge in [-0.05, 0) is 44.4 Å². The van der Waals surface area contributed by atoms with Gasteiger partial charge in [0, 0.05) is 38.0 Å². The largest absolute Gasteiger partial charge is 0.497 e. The Kier molecular flexibility index (Phi) is 6.05. The monoisotopic (exact) mass is 374 g/mol. The van der Waals surface area contributed by atoms with Crippen LogP contribution in [0.25, 0.3) is 0 Å². The van der Waals surface area contributed by atoms with Gasteiger partial charge in [-0.15, -0.1) is 0 Å². The van der Waals surface area contributed by atoms with Gasteiger partial charge in [-0.25, -0.2) is 0 Å². The zero-order chi connectivity index (χ0) is 19.4. The number of piperidine rings is 1. The predicted molar refractivity (Wildman–Crippen MR) is 102 cm³/mol. The molecule has 0 aliphatic carbocycles. The lowest BCUT2D eigenvalue weighted by Gasteiger charge is -2.38. The molecule has 0 radical (unpaired) electrons. The van der Waals surface area contributed by atoms with E-state index < -0.39 is 0 Å². The van der Waals surface area contributed by atoms with E-state index in [1.807, 2.05) is 47.9 Å². The van der Waals surface area contributed by atoms with Crippen molar-refractivity contribution in [2.75, 3.05) is 33.4 Å². The molecular weight excluding hydrogens is 344 g/mol. The first kappa shape index (κ1) is 19.7. The molecular formula is C21H30N2O4. The van der Waals surface area contributed by atoms with E-state index in [1.54, 1.807) is 7.11 Å². The highest BCUT2D eigenvalue weighted by Crippen LogP contribution is 2.41. The van der Waals surface area contributed by atoms with Crippen LogP contribution in [-0.4, -0.2) is 61.1 Å². The third-order valence-corrected chi connectivity index (χ3v) is 5.63. The number of likely N-dealkylation sites (tertiary alicyclic amines) is 2. The first-order chi connectivity index (χ1) is 12.9. The van der Waals surface area contributed by atoms with Gasteiger partial charge in [-0.2, -0.15) is 0 Å². The third-order valence-electron chi connectivity index (χ3n) is 5.63. The Hall–Kier alpha value is -2.08. The summed E-state index contributed by atoms with van der Waals surface area (Å²) >= 11 is 0. The number of methoxy groups -OCH3 is 1. The lowest BCUT2D eigenvalue weighted by Crippen LogP contribution is -2.45. The molecule has 0 saturated carbocycles. The average Bonchev–Trinajstić information content (AvgIpc) is 2.95. The minimum Gasteiger partial charge on any atom is -0.497 e. The van der Waals surface area contributed by atoms with Crippen molar-refractivity contribution >= 4 is 11.8 Å². The lowest BCUT2D eigenvalue weighted by atomic mass is 9.77. The second-order valence-corrected chi connectivity index (χ2v) is 8.02. The van der Waals surface area contributed by atoms with Crippen LogP contribution >= 0.6 is 0 Å². The molecule has 1 spiro atoms. The molecule has 2 aliphatic heterocycles. The van der Waals surface area contributed by atoms with Gasteiger partial charge in [0.25, 0.3) is 0 Å². The van der Waals surface area contributed by atoms with Crippen molar-refractivity contribution < 1.29 is 19.1 Å². The standard InChI is InChI=1S/C21H30N2O4/c1-16(2)27-14-20(25)22-9-7-21(8-10-22)12-19(24)23(15-21)13-17-5-4-6-18(11-17)26-3/h4-6,11,16H,7-10,12-15H2,1-3H3. The van der Waals surface area contributed by atoms with Gasteiger partial charge in [-0.3, -0.25) is 9.59 Å². The fourth-order valence-corrected chi connectivity index (χ4v) is 4.01. The Bertz CT molecular complexity index is 681. The Labute approximate surface area is 161 Å². The van der Waals surface area contributed by atoms with Gasteiger partial charge in [-0.1, -0.05) is 12.1 Å². The lowest BCUT2D eigenvalue weighted by molar-refractivity contribution is -0.139. The highest BCUT2D eigenvalue weighted by Gasteiger charge is 2.45. The molecule has 148 valence electrons. The minimum absolute atomic E-state index is 0.00559. The first-order valence-corrected chi connectivity index (χ1v) is 9.71. The van der Waals surface area contributed by atoms with E-state index in [4.69, 9.17) is 9.47 Å². The van der Waals surface area contributed by atoms with Gasteiger partial charge >= 0.3 is 0 Å². The molecule has 2 fully saturated rings. The maximum absolute atomic E-state index is 12.6. The molecule has 0 aromatic heterocycles. The SMILES string of the molecule is COc1cccc(CN2CC3(CCN(C(=O)COC(C)C)CC3)CC2=O)c1. The van der Waals surface area contributed by atoms with E-state index in [0.29, 0.717) is 26.1 Å². The smallest absolute Gasteiger partial charge is 0.248 e. The van der Waals surface area contributed by atoms with Crippen LogP contribution in [0.15, 0.2) is 24.3 Å². The van der Waals surface area contributed by atoms with Crippen LogP contribution in [-0.2, 0) is 20.9 Å². The van der Waals surface area contributed by atoms with Crippen molar-refractivity contribution in [2.24, 2.45) is 5.41 Å². The van der Waals surface area contributed by atoms with Crippen LogP contribution in [0.5, 0.6) is 5.75 Å². The molecule has 27 heavy (non-hydrogen) atoms. The van der Waals surface area contributed by atoms with Gasteiger partial charge in [0.2, 0.25) is 11.8 Å². The maximum atomic E-state index is 12.6. The molecule has 0 atom stereocenters. The number of carbonyl (C=O) groups is 2. The first-order valence-electron chi connectivity index (χ1n) is 9.71. The highest BCUT2D eigenvalue weighted by atomic mass is 16.5. The number of carbonyl (C=O) groups excluding carboxylic acids is 2. The molecule has 0 unspecified atom stereocenters. The number of amides is 2. The van der Waals surface area contributed by atoms with Crippen LogP contribution in [0.1, 0.15) is 38.7 Å². The number of hydrogen-bond acceptors (Lipinski definition) is 4. The fourth-order valence-electron chi connectivity index (χ4n) is 4.01. The summed E-state index contributed by atoms with van der Waals surface area (Å²) in [5.74, 6) is 1.07. The van der Waals surface area contributed by atoms with E-state index in [1.165, 1.54) is 0 Å². The Balaban J connectivity index is 1.55. The van der Waals surface area contributed by atoms with Crippen molar-refractivity contribution in [3.63, 3.8) is 0 Å². The van der Waals surface area contributed by atoms with E-state index in [9.17, 15) is 9.59 Å². The molecule has 1 aromatic rings. The van der Waals surface area contributed by atoms with Crippen LogP contribution < -0.4 is 4.74 Å². The minimum atomic E-state index is 0.00559. The molecule has 2 heterocycles. The number of hydrogen-bond donors (Lipinski definition) is 0. The molecule has 3 rings (SSSR count). The molecule has 6 heteroatoms. The Morgan fingerprint density at radius 2 is 2.00 bits per heavy atom. The second-order valence-electron chi connectivity index (χ2n) is 8.02. The summed E-state index contributed by atoms with van der Waals surface area (Å²) in [6, 6.07) is 7.87. The summed E-state index contributed by atoms with van der Waals surface area (Å²) in [6.45, 7) is 6.81. The van der Waals surface area contributed by atoms with Crippen LogP contribution in [0.2, 0.25) is 0 Å². The summed E-state index contributed by atoms with van der Waals surface area (Å²) in [5.41, 5.74) is 1.09. The average molecular weight is 374 g/mol. The number of ether oxygens (including phenoxy) is 2. The summed E-state index contributed by atoms with van der Waals surface area (Å²) in [6.07, 6.45) is 2.39. The van der Waals surface area contributed by atoms with Crippen molar-refractivity contribution in [3.8, 4) is 5.75 Å². The van der Waals surface area contributed by atoms with Crippen LogP contribution in [0.4, 0.5) is 0 Å². The highest BCUT2D eigenvalue weighted by molar-refractivity contribution is 5.80. The van der Waals surface area contributed by atoms with E-state index >= 15 is 0 Å². The van der Waals surface area contributed by atoms with Gasteiger partial charge in [0.05, 0.1) is 13.2 Å². The molecule has 0 N–H and O–H groups in total. The van der Waals surface area contributed by atoms with E-state index in [-0.39, 0.29) is 29.9 Å².